The van der Waals surface area contributed by atoms with Gasteiger partial charge in [-0.3, -0.25) is 4.79 Å². The van der Waals surface area contributed by atoms with Crippen molar-refractivity contribution in [2.45, 2.75) is 17.7 Å². The maximum Gasteiger partial charge on any atom is 0.240 e. The Balaban J connectivity index is 1.63. The monoisotopic (exact) mass is 414 g/mol. The highest BCUT2D eigenvalue weighted by Crippen LogP contribution is 2.16. The largest absolute Gasteiger partial charge is 0.490 e. The molecule has 0 bridgehead atoms. The number of benzene rings is 2. The molecule has 0 heterocycles. The van der Waals surface area contributed by atoms with E-state index in [9.17, 15) is 17.6 Å². The van der Waals surface area contributed by atoms with Crippen LogP contribution in [0.2, 0.25) is 5.02 Å². The number of halogens is 2. The molecule has 146 valence electrons. The molecule has 0 saturated carbocycles. The molecule has 2 rings (SSSR count). The fourth-order valence-electron chi connectivity index (χ4n) is 2.15. The number of para-hydroxylation sites is 1. The molecule has 2 N–H and O–H groups in total. The predicted octanol–water partition coefficient (Wildman–Crippen LogP) is 2.73. The number of hydrogen-bond donors (Lipinski definition) is 2. The molecule has 6 nitrogen and oxygen atoms in total. The minimum atomic E-state index is -3.71. The van der Waals surface area contributed by atoms with Gasteiger partial charge in [0.25, 0.3) is 0 Å². The minimum absolute atomic E-state index is 0.00599. The summed E-state index contributed by atoms with van der Waals surface area (Å²) in [4.78, 5) is 11.8. The lowest BCUT2D eigenvalue weighted by atomic mass is 10.3. The van der Waals surface area contributed by atoms with Gasteiger partial charge in [-0.25, -0.2) is 17.5 Å². The van der Waals surface area contributed by atoms with Crippen LogP contribution < -0.4 is 14.8 Å². The Morgan fingerprint density at radius 1 is 1.11 bits per heavy atom. The van der Waals surface area contributed by atoms with Crippen molar-refractivity contribution < 1.29 is 22.3 Å². The van der Waals surface area contributed by atoms with E-state index >= 15 is 0 Å². The van der Waals surface area contributed by atoms with Crippen molar-refractivity contribution >= 4 is 27.5 Å². The smallest absolute Gasteiger partial charge is 0.240 e. The van der Waals surface area contributed by atoms with E-state index in [0.717, 1.165) is 0 Å². The van der Waals surface area contributed by atoms with Crippen molar-refractivity contribution in [3.05, 3.63) is 59.4 Å². The molecule has 0 aliphatic carbocycles. The standard InChI is InChI=1S/C18H20ClFN2O4S/c19-14-5-3-6-15(13-14)27(24,25)22-11-9-18(23)21-10-4-12-26-17-8-2-1-7-16(17)20/h1-3,5-8,13,22H,4,9-12H2,(H,21,23). The summed E-state index contributed by atoms with van der Waals surface area (Å²) in [5.41, 5.74) is 0. The van der Waals surface area contributed by atoms with Gasteiger partial charge in [-0.05, 0) is 36.8 Å². The first-order chi connectivity index (χ1) is 12.9. The van der Waals surface area contributed by atoms with Crippen LogP contribution in [0.4, 0.5) is 4.39 Å². The van der Waals surface area contributed by atoms with Gasteiger partial charge in [-0.1, -0.05) is 29.8 Å². The zero-order valence-corrected chi connectivity index (χ0v) is 16.0. The number of carbonyl (C=O) groups excluding carboxylic acids is 1. The zero-order valence-electron chi connectivity index (χ0n) is 14.5. The number of nitrogens with one attached hydrogen (secondary N) is 2. The van der Waals surface area contributed by atoms with Gasteiger partial charge in [0.2, 0.25) is 15.9 Å². The van der Waals surface area contributed by atoms with Crippen molar-refractivity contribution in [3.63, 3.8) is 0 Å². The van der Waals surface area contributed by atoms with Gasteiger partial charge in [0.1, 0.15) is 0 Å². The van der Waals surface area contributed by atoms with Gasteiger partial charge >= 0.3 is 0 Å². The van der Waals surface area contributed by atoms with Gasteiger partial charge in [-0.15, -0.1) is 0 Å². The molecule has 0 saturated heterocycles. The van der Waals surface area contributed by atoms with E-state index in [4.69, 9.17) is 16.3 Å². The fraction of sp³-hybridized carbons (Fsp3) is 0.278. The van der Waals surface area contributed by atoms with E-state index < -0.39 is 15.8 Å². The molecular weight excluding hydrogens is 395 g/mol. The highest BCUT2D eigenvalue weighted by atomic mass is 35.5. The van der Waals surface area contributed by atoms with E-state index in [-0.39, 0.29) is 36.1 Å². The number of amides is 1. The topological polar surface area (TPSA) is 84.5 Å². The molecule has 2 aromatic rings. The van der Waals surface area contributed by atoms with Crippen LogP contribution in [0.15, 0.2) is 53.4 Å². The Kier molecular flexibility index (Phi) is 8.02. The summed E-state index contributed by atoms with van der Waals surface area (Å²) in [6.45, 7) is 0.559. The Hall–Kier alpha value is -2.16. The number of sulfonamides is 1. The van der Waals surface area contributed by atoms with Crippen LogP contribution >= 0.6 is 11.6 Å². The molecule has 0 aliphatic rings. The molecule has 27 heavy (non-hydrogen) atoms. The second-order valence-electron chi connectivity index (χ2n) is 5.59. The van der Waals surface area contributed by atoms with Gasteiger partial charge in [0, 0.05) is 24.5 Å². The Morgan fingerprint density at radius 3 is 2.63 bits per heavy atom. The molecule has 0 atom stereocenters. The molecule has 1 amide bonds. The van der Waals surface area contributed by atoms with Gasteiger partial charge < -0.3 is 10.1 Å². The summed E-state index contributed by atoms with van der Waals surface area (Å²) < 4.78 is 45.1. The summed E-state index contributed by atoms with van der Waals surface area (Å²) in [7, 11) is -3.71. The van der Waals surface area contributed by atoms with Crippen molar-refractivity contribution in [1.29, 1.82) is 0 Å². The van der Waals surface area contributed by atoms with Crippen molar-refractivity contribution in [2.75, 3.05) is 19.7 Å². The third-order valence-corrected chi connectivity index (χ3v) is 5.18. The average molecular weight is 415 g/mol. The summed E-state index contributed by atoms with van der Waals surface area (Å²) in [6, 6.07) is 11.9. The van der Waals surface area contributed by atoms with Crippen LogP contribution in [0.1, 0.15) is 12.8 Å². The number of carbonyl (C=O) groups is 1. The van der Waals surface area contributed by atoms with E-state index in [1.54, 1.807) is 18.2 Å². The second kappa shape index (κ2) is 10.2. The molecule has 0 fully saturated rings. The van der Waals surface area contributed by atoms with Crippen LogP contribution in [0.5, 0.6) is 5.75 Å². The van der Waals surface area contributed by atoms with E-state index in [1.165, 1.54) is 30.3 Å². The van der Waals surface area contributed by atoms with Crippen LogP contribution in [-0.4, -0.2) is 34.0 Å². The first-order valence-corrected chi connectivity index (χ1v) is 10.1. The Labute approximate surface area is 162 Å². The van der Waals surface area contributed by atoms with Crippen LogP contribution in [-0.2, 0) is 14.8 Å². The number of ether oxygens (including phenoxy) is 1. The average Bonchev–Trinajstić information content (AvgIpc) is 2.63. The van der Waals surface area contributed by atoms with Crippen molar-refractivity contribution in [2.24, 2.45) is 0 Å². The third-order valence-electron chi connectivity index (χ3n) is 3.49. The first kappa shape index (κ1) is 21.1. The molecule has 2 aromatic carbocycles. The molecule has 0 aromatic heterocycles. The normalized spacial score (nSPS) is 11.2. The lowest BCUT2D eigenvalue weighted by Crippen LogP contribution is -2.31. The third kappa shape index (κ3) is 7.16. The van der Waals surface area contributed by atoms with Crippen LogP contribution in [0, 0.1) is 5.82 Å². The predicted molar refractivity (Wildman–Crippen MR) is 101 cm³/mol. The van der Waals surface area contributed by atoms with E-state index in [1.807, 2.05) is 0 Å². The lowest BCUT2D eigenvalue weighted by Gasteiger charge is -2.09. The van der Waals surface area contributed by atoms with Gasteiger partial charge in [0.05, 0.1) is 11.5 Å². The van der Waals surface area contributed by atoms with Crippen LogP contribution in [0.25, 0.3) is 0 Å². The quantitative estimate of drug-likeness (QED) is 0.585. The first-order valence-electron chi connectivity index (χ1n) is 8.28. The number of hydrogen-bond acceptors (Lipinski definition) is 4. The van der Waals surface area contributed by atoms with Crippen LogP contribution in [0.3, 0.4) is 0 Å². The molecule has 9 heteroatoms. The minimum Gasteiger partial charge on any atom is -0.490 e. The highest BCUT2D eigenvalue weighted by molar-refractivity contribution is 7.89. The Bertz CT molecular complexity index is 877. The maximum absolute atomic E-state index is 13.3. The van der Waals surface area contributed by atoms with Gasteiger partial charge in [-0.2, -0.15) is 0 Å². The molecule has 0 radical (unpaired) electrons. The number of rotatable bonds is 10. The summed E-state index contributed by atoms with van der Waals surface area (Å²) >= 11 is 5.78. The molecular formula is C18H20ClFN2O4S. The molecule has 0 unspecified atom stereocenters. The second-order valence-corrected chi connectivity index (χ2v) is 7.79. The van der Waals surface area contributed by atoms with E-state index in [2.05, 4.69) is 10.0 Å². The SMILES string of the molecule is O=C(CCNS(=O)(=O)c1cccc(Cl)c1)NCCCOc1ccccc1F. The lowest BCUT2D eigenvalue weighted by molar-refractivity contribution is -0.120. The Morgan fingerprint density at radius 2 is 1.89 bits per heavy atom. The zero-order chi connectivity index (χ0) is 19.7. The maximum atomic E-state index is 13.3. The fourth-order valence-corrected chi connectivity index (χ4v) is 3.48. The molecule has 0 spiro atoms. The van der Waals surface area contributed by atoms with Gasteiger partial charge in [0.15, 0.2) is 11.6 Å². The summed E-state index contributed by atoms with van der Waals surface area (Å²) in [6.07, 6.45) is 0.488. The summed E-state index contributed by atoms with van der Waals surface area (Å²) in [5, 5.41) is 2.96. The molecule has 0 aliphatic heterocycles. The highest BCUT2D eigenvalue weighted by Gasteiger charge is 2.14. The van der Waals surface area contributed by atoms with Crippen molar-refractivity contribution in [1.82, 2.24) is 10.0 Å². The summed E-state index contributed by atoms with van der Waals surface area (Å²) in [5.74, 6) is -0.567. The van der Waals surface area contributed by atoms with Crippen molar-refractivity contribution in [3.8, 4) is 5.75 Å². The van der Waals surface area contributed by atoms with E-state index in [0.29, 0.717) is 18.0 Å².